The molecule has 1 atom stereocenters. The normalized spacial score (nSPS) is 15.9. The third kappa shape index (κ3) is 3.09. The van der Waals surface area contributed by atoms with E-state index < -0.39 is 0 Å². The highest BCUT2D eigenvalue weighted by atomic mass is 16.5. The number of cyclic esters (lactones) is 1. The molecular weight excluding hydrogens is 330 g/mol. The first-order valence-electron chi connectivity index (χ1n) is 8.30. The van der Waals surface area contributed by atoms with E-state index in [1.807, 2.05) is 30.3 Å². The van der Waals surface area contributed by atoms with E-state index in [4.69, 9.17) is 4.74 Å². The number of fused-ring (bicyclic) bond motifs is 1. The maximum atomic E-state index is 12.5. The summed E-state index contributed by atoms with van der Waals surface area (Å²) in [4.78, 5) is 24.8. The molecule has 1 aliphatic rings. The molecule has 0 radical (unpaired) electrons. The molecule has 4 rings (SSSR count). The molecule has 0 bridgehead atoms. The van der Waals surface area contributed by atoms with E-state index in [0.717, 1.165) is 11.1 Å². The maximum absolute atomic E-state index is 12.5. The van der Waals surface area contributed by atoms with Crippen LogP contribution in [0.25, 0.3) is 0 Å². The number of hydrogen-bond donors (Lipinski definition) is 1. The molecule has 2 heterocycles. The summed E-state index contributed by atoms with van der Waals surface area (Å²) in [5, 5.41) is 6.89. The predicted octanol–water partition coefficient (Wildman–Crippen LogP) is 3.13. The number of hydrogen-bond acceptors (Lipinski definition) is 4. The number of carbonyl (C=O) groups is 2. The van der Waals surface area contributed by atoms with Gasteiger partial charge >= 0.3 is 5.97 Å². The van der Waals surface area contributed by atoms with Crippen LogP contribution in [0.5, 0.6) is 0 Å². The highest BCUT2D eigenvalue weighted by Crippen LogP contribution is 2.31. The third-order valence-electron chi connectivity index (χ3n) is 4.37. The van der Waals surface area contributed by atoms with Crippen LogP contribution in [0.3, 0.4) is 0 Å². The summed E-state index contributed by atoms with van der Waals surface area (Å²) in [5.41, 5.74) is 2.74. The first kappa shape index (κ1) is 16.1. The van der Waals surface area contributed by atoms with E-state index in [-0.39, 0.29) is 18.0 Å². The number of anilines is 1. The van der Waals surface area contributed by atoms with E-state index in [9.17, 15) is 9.59 Å². The van der Waals surface area contributed by atoms with Gasteiger partial charge in [-0.15, -0.1) is 0 Å². The van der Waals surface area contributed by atoms with Gasteiger partial charge in [-0.2, -0.15) is 5.10 Å². The minimum Gasteiger partial charge on any atom is -0.454 e. The standard InChI is InChI=1S/C20H17N3O3/c1-23-10-9-18(22-23)21-19(24)14-7-8-16-15(11-14)12-17(26-20(16)25)13-5-3-2-4-6-13/h2-11,17H,12H2,1H3,(H,21,22,24). The van der Waals surface area contributed by atoms with Gasteiger partial charge < -0.3 is 10.1 Å². The molecule has 6 nitrogen and oxygen atoms in total. The van der Waals surface area contributed by atoms with Gasteiger partial charge in [0.1, 0.15) is 6.10 Å². The number of carbonyl (C=O) groups excluding carboxylic acids is 2. The first-order valence-corrected chi connectivity index (χ1v) is 8.30. The number of esters is 1. The van der Waals surface area contributed by atoms with Crippen LogP contribution in [0.2, 0.25) is 0 Å². The molecule has 3 aromatic rings. The molecule has 1 unspecified atom stereocenters. The second-order valence-electron chi connectivity index (χ2n) is 6.21. The Morgan fingerprint density at radius 3 is 2.73 bits per heavy atom. The van der Waals surface area contributed by atoms with Crippen molar-refractivity contribution in [1.82, 2.24) is 9.78 Å². The Morgan fingerprint density at radius 2 is 2.00 bits per heavy atom. The average molecular weight is 347 g/mol. The minimum absolute atomic E-state index is 0.262. The van der Waals surface area contributed by atoms with E-state index >= 15 is 0 Å². The zero-order chi connectivity index (χ0) is 18.1. The lowest BCUT2D eigenvalue weighted by Gasteiger charge is -2.25. The van der Waals surface area contributed by atoms with Crippen molar-refractivity contribution in [2.45, 2.75) is 12.5 Å². The van der Waals surface area contributed by atoms with Crippen molar-refractivity contribution in [1.29, 1.82) is 0 Å². The molecule has 26 heavy (non-hydrogen) atoms. The summed E-state index contributed by atoms with van der Waals surface area (Å²) in [6, 6.07) is 16.4. The largest absolute Gasteiger partial charge is 0.454 e. The quantitative estimate of drug-likeness (QED) is 0.739. The first-order chi connectivity index (χ1) is 12.6. The summed E-state index contributed by atoms with van der Waals surface area (Å²) in [7, 11) is 1.78. The molecule has 0 aliphatic carbocycles. The van der Waals surface area contributed by atoms with Gasteiger partial charge in [0.05, 0.1) is 5.56 Å². The molecule has 0 saturated heterocycles. The van der Waals surface area contributed by atoms with Gasteiger partial charge in [0.15, 0.2) is 5.82 Å². The number of benzene rings is 2. The molecule has 1 aliphatic heterocycles. The zero-order valence-corrected chi connectivity index (χ0v) is 14.2. The van der Waals surface area contributed by atoms with Gasteiger partial charge in [0.25, 0.3) is 5.91 Å². The van der Waals surface area contributed by atoms with Crippen molar-refractivity contribution >= 4 is 17.7 Å². The Hall–Kier alpha value is -3.41. The van der Waals surface area contributed by atoms with E-state index in [0.29, 0.717) is 23.4 Å². The molecule has 0 fully saturated rings. The molecule has 0 saturated carbocycles. The number of rotatable bonds is 3. The summed E-state index contributed by atoms with van der Waals surface area (Å²) >= 11 is 0. The number of nitrogens with zero attached hydrogens (tertiary/aromatic N) is 2. The van der Waals surface area contributed by atoms with Crippen molar-refractivity contribution in [3.05, 3.63) is 83.0 Å². The number of aromatic nitrogens is 2. The fourth-order valence-electron chi connectivity index (χ4n) is 3.06. The van der Waals surface area contributed by atoms with Crippen molar-refractivity contribution < 1.29 is 14.3 Å². The lowest BCUT2D eigenvalue weighted by molar-refractivity contribution is 0.0252. The average Bonchev–Trinajstić information content (AvgIpc) is 3.06. The summed E-state index contributed by atoms with van der Waals surface area (Å²) in [5.74, 6) is -0.143. The van der Waals surface area contributed by atoms with Crippen LogP contribution in [0.15, 0.2) is 60.8 Å². The maximum Gasteiger partial charge on any atom is 0.339 e. The van der Waals surface area contributed by atoms with Crippen molar-refractivity contribution in [3.8, 4) is 0 Å². The summed E-state index contributed by atoms with van der Waals surface area (Å²) in [6.07, 6.45) is 1.95. The molecular formula is C20H17N3O3. The van der Waals surface area contributed by atoms with Crippen LogP contribution in [0.4, 0.5) is 5.82 Å². The van der Waals surface area contributed by atoms with Gasteiger partial charge in [-0.05, 0) is 29.3 Å². The predicted molar refractivity (Wildman–Crippen MR) is 95.9 cm³/mol. The van der Waals surface area contributed by atoms with Crippen LogP contribution in [0.1, 0.15) is 37.9 Å². The fraction of sp³-hybridized carbons (Fsp3) is 0.150. The third-order valence-corrected chi connectivity index (χ3v) is 4.37. The van der Waals surface area contributed by atoms with Crippen LogP contribution < -0.4 is 5.32 Å². The topological polar surface area (TPSA) is 73.2 Å². The Labute approximate surface area is 150 Å². The van der Waals surface area contributed by atoms with E-state index in [1.54, 1.807) is 42.2 Å². The van der Waals surface area contributed by atoms with Gasteiger partial charge in [-0.1, -0.05) is 30.3 Å². The van der Waals surface area contributed by atoms with Crippen LogP contribution in [-0.2, 0) is 18.2 Å². The van der Waals surface area contributed by atoms with Gasteiger partial charge in [0.2, 0.25) is 0 Å². The molecule has 1 amide bonds. The Morgan fingerprint density at radius 1 is 1.19 bits per heavy atom. The molecule has 6 heteroatoms. The summed E-state index contributed by atoms with van der Waals surface area (Å²) in [6.45, 7) is 0. The number of aryl methyl sites for hydroxylation is 1. The lowest BCUT2D eigenvalue weighted by Crippen LogP contribution is -2.23. The van der Waals surface area contributed by atoms with E-state index in [2.05, 4.69) is 10.4 Å². The highest BCUT2D eigenvalue weighted by molar-refractivity contribution is 6.04. The monoisotopic (exact) mass is 347 g/mol. The van der Waals surface area contributed by atoms with Gasteiger partial charge in [-0.25, -0.2) is 4.79 Å². The Kier molecular flexibility index (Phi) is 4.01. The second-order valence-corrected chi connectivity index (χ2v) is 6.21. The number of amides is 1. The Balaban J connectivity index is 1.59. The van der Waals surface area contributed by atoms with E-state index in [1.165, 1.54) is 0 Å². The SMILES string of the molecule is Cn1ccc(NC(=O)c2ccc3c(c2)CC(c2ccccc2)OC3=O)n1. The van der Waals surface area contributed by atoms with Crippen LogP contribution in [-0.4, -0.2) is 21.7 Å². The molecule has 0 spiro atoms. The number of ether oxygens (including phenoxy) is 1. The molecule has 2 aromatic carbocycles. The molecule has 130 valence electrons. The van der Waals surface area contributed by atoms with Crippen molar-refractivity contribution in [3.63, 3.8) is 0 Å². The zero-order valence-electron chi connectivity index (χ0n) is 14.2. The lowest BCUT2D eigenvalue weighted by atomic mass is 9.93. The van der Waals surface area contributed by atoms with Crippen LogP contribution >= 0.6 is 0 Å². The van der Waals surface area contributed by atoms with Crippen molar-refractivity contribution in [2.24, 2.45) is 7.05 Å². The second kappa shape index (κ2) is 6.48. The van der Waals surface area contributed by atoms with Gasteiger partial charge in [0, 0.05) is 31.3 Å². The van der Waals surface area contributed by atoms with Crippen LogP contribution in [0, 0.1) is 0 Å². The number of nitrogens with one attached hydrogen (secondary N) is 1. The Bertz CT molecular complexity index is 979. The fourth-order valence-corrected chi connectivity index (χ4v) is 3.06. The minimum atomic E-state index is -0.364. The highest BCUT2D eigenvalue weighted by Gasteiger charge is 2.28. The molecule has 1 N–H and O–H groups in total. The van der Waals surface area contributed by atoms with Crippen molar-refractivity contribution in [2.75, 3.05) is 5.32 Å². The summed E-state index contributed by atoms with van der Waals surface area (Å²) < 4.78 is 7.16. The smallest absolute Gasteiger partial charge is 0.339 e. The van der Waals surface area contributed by atoms with Gasteiger partial charge in [-0.3, -0.25) is 9.48 Å². The molecule has 1 aromatic heterocycles.